The van der Waals surface area contributed by atoms with Crippen LogP contribution in [0.5, 0.6) is 0 Å². The molecule has 8 heteroatoms. The summed E-state index contributed by atoms with van der Waals surface area (Å²) in [5, 5.41) is 5.69. The second kappa shape index (κ2) is 8.99. The molecule has 0 aliphatic rings. The largest absolute Gasteiger partial charge is 0.321 e. The molecule has 4 aromatic rings. The summed E-state index contributed by atoms with van der Waals surface area (Å²) >= 11 is 1.01. The zero-order valence-corrected chi connectivity index (χ0v) is 19.7. The third-order valence-electron chi connectivity index (χ3n) is 5.54. The van der Waals surface area contributed by atoms with E-state index in [-0.39, 0.29) is 15.5 Å². The predicted molar refractivity (Wildman–Crippen MR) is 132 cm³/mol. The van der Waals surface area contributed by atoms with Crippen LogP contribution in [-0.2, 0) is 6.42 Å². The van der Waals surface area contributed by atoms with E-state index in [1.165, 1.54) is 10.5 Å². The van der Waals surface area contributed by atoms with Gasteiger partial charge in [0.05, 0.1) is 0 Å². The van der Waals surface area contributed by atoms with Crippen LogP contribution in [0.1, 0.15) is 49.5 Å². The van der Waals surface area contributed by atoms with Crippen LogP contribution < -0.4 is 16.2 Å². The summed E-state index contributed by atoms with van der Waals surface area (Å²) in [6.45, 7) is 7.62. The molecule has 2 amide bonds. The van der Waals surface area contributed by atoms with Gasteiger partial charge in [0.15, 0.2) is 4.96 Å². The Labute approximate surface area is 195 Å². The first-order valence-electron chi connectivity index (χ1n) is 10.6. The third-order valence-corrected chi connectivity index (χ3v) is 6.58. The molecule has 0 spiro atoms. The smallest absolute Gasteiger partial charge is 0.274 e. The zero-order chi connectivity index (χ0) is 23.7. The van der Waals surface area contributed by atoms with Crippen LogP contribution in [-0.4, -0.2) is 21.2 Å². The molecule has 0 unspecified atom stereocenters. The summed E-state index contributed by atoms with van der Waals surface area (Å²) in [5.74, 6) is -1.02. The fourth-order valence-corrected chi connectivity index (χ4v) is 4.59. The summed E-state index contributed by atoms with van der Waals surface area (Å²) in [4.78, 5) is 44.1. The number of benzene rings is 2. The minimum atomic E-state index is -0.552. The molecule has 0 fully saturated rings. The Morgan fingerprint density at radius 3 is 2.42 bits per heavy atom. The van der Waals surface area contributed by atoms with Crippen molar-refractivity contribution in [2.45, 2.75) is 34.1 Å². The van der Waals surface area contributed by atoms with Crippen molar-refractivity contribution >= 4 is 39.5 Å². The van der Waals surface area contributed by atoms with E-state index in [1.54, 1.807) is 25.1 Å². The molecule has 2 heterocycles. The van der Waals surface area contributed by atoms with E-state index in [4.69, 9.17) is 0 Å². The highest BCUT2D eigenvalue weighted by molar-refractivity contribution is 7.19. The van der Waals surface area contributed by atoms with E-state index in [0.717, 1.165) is 34.4 Å². The molecule has 0 aliphatic carbocycles. The number of anilines is 2. The van der Waals surface area contributed by atoms with E-state index in [9.17, 15) is 14.4 Å². The molecule has 7 nitrogen and oxygen atoms in total. The molecule has 0 atom stereocenters. The Balaban J connectivity index is 1.78. The monoisotopic (exact) mass is 460 g/mol. The number of amides is 2. The number of hydrogen-bond donors (Lipinski definition) is 2. The topological polar surface area (TPSA) is 92.6 Å². The molecule has 0 aliphatic heterocycles. The second-order valence-corrected chi connectivity index (χ2v) is 8.82. The Morgan fingerprint density at radius 1 is 1.00 bits per heavy atom. The summed E-state index contributed by atoms with van der Waals surface area (Å²) in [6.07, 6.45) is 0.881. The van der Waals surface area contributed by atoms with Gasteiger partial charge >= 0.3 is 0 Å². The molecule has 0 saturated carbocycles. The maximum Gasteiger partial charge on any atom is 0.274 e. The van der Waals surface area contributed by atoms with Gasteiger partial charge < -0.3 is 10.6 Å². The normalized spacial score (nSPS) is 10.9. The zero-order valence-electron chi connectivity index (χ0n) is 18.9. The van der Waals surface area contributed by atoms with Crippen LogP contribution in [0, 0.1) is 20.8 Å². The van der Waals surface area contributed by atoms with E-state index in [2.05, 4.69) is 15.6 Å². The second-order valence-electron chi connectivity index (χ2n) is 7.84. The predicted octanol–water partition coefficient (Wildman–Crippen LogP) is 4.75. The van der Waals surface area contributed by atoms with Crippen LogP contribution in [0.25, 0.3) is 4.96 Å². The minimum Gasteiger partial charge on any atom is -0.321 e. The van der Waals surface area contributed by atoms with Crippen molar-refractivity contribution in [3.8, 4) is 0 Å². The molecule has 2 aromatic heterocycles. The Hall–Kier alpha value is -3.78. The number of thiazole rings is 1. The number of hydrogen-bond acceptors (Lipinski definition) is 5. The van der Waals surface area contributed by atoms with E-state index < -0.39 is 17.4 Å². The van der Waals surface area contributed by atoms with Gasteiger partial charge in [-0.05, 0) is 62.1 Å². The highest BCUT2D eigenvalue weighted by Gasteiger charge is 2.26. The molecule has 0 saturated heterocycles. The first-order chi connectivity index (χ1) is 15.8. The highest BCUT2D eigenvalue weighted by Crippen LogP contribution is 2.25. The van der Waals surface area contributed by atoms with Crippen LogP contribution in [0.15, 0.2) is 53.3 Å². The van der Waals surface area contributed by atoms with Crippen molar-refractivity contribution in [2.75, 3.05) is 10.6 Å². The minimum absolute atomic E-state index is 0.0325. The van der Waals surface area contributed by atoms with Gasteiger partial charge in [0.25, 0.3) is 17.4 Å². The lowest BCUT2D eigenvalue weighted by Gasteiger charge is -2.11. The molecular weight excluding hydrogens is 436 g/mol. The number of nitrogens with one attached hydrogen (secondary N) is 2. The van der Waals surface area contributed by atoms with Crippen LogP contribution >= 0.6 is 11.3 Å². The molecular formula is C25H24N4O3S. The van der Waals surface area contributed by atoms with Crippen LogP contribution in [0.4, 0.5) is 11.4 Å². The average molecular weight is 461 g/mol. The van der Waals surface area contributed by atoms with Gasteiger partial charge in [-0.15, -0.1) is 0 Å². The molecule has 0 bridgehead atoms. The first kappa shape index (κ1) is 22.4. The van der Waals surface area contributed by atoms with Gasteiger partial charge in [-0.2, -0.15) is 0 Å². The quantitative estimate of drug-likeness (QED) is 0.450. The lowest BCUT2D eigenvalue weighted by molar-refractivity contribution is 0.0989. The highest BCUT2D eigenvalue weighted by atomic mass is 32.1. The molecule has 4 rings (SSSR count). The lowest BCUT2D eigenvalue weighted by Crippen LogP contribution is -2.25. The Morgan fingerprint density at radius 2 is 1.73 bits per heavy atom. The number of carbonyl (C=O) groups is 2. The van der Waals surface area contributed by atoms with Crippen molar-refractivity contribution in [2.24, 2.45) is 0 Å². The number of aryl methyl sites for hydroxylation is 3. The number of carbonyl (C=O) groups excluding carboxylic acids is 2. The average Bonchev–Trinajstić information content (AvgIpc) is 3.17. The van der Waals surface area contributed by atoms with E-state index in [0.29, 0.717) is 17.1 Å². The van der Waals surface area contributed by atoms with Crippen molar-refractivity contribution in [3.05, 3.63) is 91.8 Å². The summed E-state index contributed by atoms with van der Waals surface area (Å²) in [5.41, 5.74) is 4.40. The van der Waals surface area contributed by atoms with Crippen LogP contribution in [0.2, 0.25) is 0 Å². The molecule has 2 aromatic carbocycles. The summed E-state index contributed by atoms with van der Waals surface area (Å²) < 4.78 is 1.20. The standard InChI is InChI=1S/C25H24N4O3S/c1-5-17-9-11-18(12-10-17)27-23(31)21-22(33-25-26-15(3)13-20(30)29(21)25)24(32)28-19-8-6-7-14(2)16(19)4/h6-13H,5H2,1-4H3,(H,27,31)(H,28,32). The van der Waals surface area contributed by atoms with E-state index >= 15 is 0 Å². The lowest BCUT2D eigenvalue weighted by atomic mass is 10.1. The maximum atomic E-state index is 13.3. The van der Waals surface area contributed by atoms with Crippen molar-refractivity contribution in [3.63, 3.8) is 0 Å². The summed E-state index contributed by atoms with van der Waals surface area (Å²) in [7, 11) is 0. The van der Waals surface area contributed by atoms with Crippen molar-refractivity contribution in [1.82, 2.24) is 9.38 Å². The van der Waals surface area contributed by atoms with Gasteiger partial charge in [-0.1, -0.05) is 42.5 Å². The number of rotatable bonds is 5. The van der Waals surface area contributed by atoms with Gasteiger partial charge in [-0.25, -0.2) is 9.38 Å². The third kappa shape index (κ3) is 4.42. The summed E-state index contributed by atoms with van der Waals surface area (Å²) in [6, 6.07) is 14.4. The number of nitrogens with zero attached hydrogens (tertiary/aromatic N) is 2. The first-order valence-corrected chi connectivity index (χ1v) is 11.4. The van der Waals surface area contributed by atoms with E-state index in [1.807, 2.05) is 45.0 Å². The van der Waals surface area contributed by atoms with Crippen LogP contribution in [0.3, 0.4) is 0 Å². The number of fused-ring (bicyclic) bond motifs is 1. The fourth-order valence-electron chi connectivity index (χ4n) is 3.52. The van der Waals surface area contributed by atoms with Crippen molar-refractivity contribution in [1.29, 1.82) is 0 Å². The molecule has 0 radical (unpaired) electrons. The SMILES string of the molecule is CCc1ccc(NC(=O)c2c(C(=O)Nc3cccc(C)c3C)sc3nc(C)cc(=O)n23)cc1. The van der Waals surface area contributed by atoms with Gasteiger partial charge in [0.2, 0.25) is 0 Å². The van der Waals surface area contributed by atoms with Crippen molar-refractivity contribution < 1.29 is 9.59 Å². The molecule has 168 valence electrons. The Bertz CT molecular complexity index is 1430. The van der Waals surface area contributed by atoms with Gasteiger partial charge in [0.1, 0.15) is 10.6 Å². The van der Waals surface area contributed by atoms with Gasteiger partial charge in [0, 0.05) is 23.1 Å². The van der Waals surface area contributed by atoms with Gasteiger partial charge in [-0.3, -0.25) is 14.4 Å². The molecule has 2 N–H and O–H groups in total. The Kier molecular flexibility index (Phi) is 6.11. The fraction of sp³-hybridized carbons (Fsp3) is 0.200. The maximum absolute atomic E-state index is 13.3. The number of aromatic nitrogens is 2. The molecule has 33 heavy (non-hydrogen) atoms.